The smallest absolute Gasteiger partial charge is 0.128 e. The van der Waals surface area contributed by atoms with E-state index in [4.69, 9.17) is 18.0 Å². The van der Waals surface area contributed by atoms with Gasteiger partial charge in [0.1, 0.15) is 16.6 Å². The van der Waals surface area contributed by atoms with E-state index in [1.54, 1.807) is 0 Å². The molecule has 2 aromatic rings. The second-order valence-corrected chi connectivity index (χ2v) is 4.94. The van der Waals surface area contributed by atoms with Crippen LogP contribution in [0.1, 0.15) is 16.7 Å². The predicted octanol–water partition coefficient (Wildman–Crippen LogP) is 3.52. The van der Waals surface area contributed by atoms with Gasteiger partial charge in [0.15, 0.2) is 0 Å². The lowest BCUT2D eigenvalue weighted by Crippen LogP contribution is -2.13. The highest BCUT2D eigenvalue weighted by Gasteiger charge is 2.08. The summed E-state index contributed by atoms with van der Waals surface area (Å²) in [6, 6.07) is 8.93. The van der Waals surface area contributed by atoms with Gasteiger partial charge < -0.3 is 11.1 Å². The van der Waals surface area contributed by atoms with Crippen LogP contribution in [-0.2, 0) is 6.54 Å². The van der Waals surface area contributed by atoms with Crippen LogP contribution < -0.4 is 11.1 Å². The highest BCUT2D eigenvalue weighted by atomic mass is 32.1. The lowest BCUT2D eigenvalue weighted by molar-refractivity contribution is 0.587. The van der Waals surface area contributed by atoms with Crippen molar-refractivity contribution >= 4 is 22.9 Å². The summed E-state index contributed by atoms with van der Waals surface area (Å²) in [6.45, 7) is 2.08. The molecule has 0 heterocycles. The number of aryl methyl sites for hydroxylation is 1. The largest absolute Gasteiger partial charge is 0.389 e. The number of nitrogens with two attached hydrogens (primary N) is 1. The minimum absolute atomic E-state index is 0.155. The fourth-order valence-corrected chi connectivity index (χ4v) is 2.07. The van der Waals surface area contributed by atoms with Crippen LogP contribution in [0.25, 0.3) is 0 Å². The second-order valence-electron chi connectivity index (χ2n) is 4.50. The summed E-state index contributed by atoms with van der Waals surface area (Å²) in [5.41, 5.74) is 8.31. The third kappa shape index (κ3) is 3.30. The first-order valence-electron chi connectivity index (χ1n) is 6.05. The van der Waals surface area contributed by atoms with Gasteiger partial charge in [-0.15, -0.1) is 0 Å². The maximum absolute atomic E-state index is 13.6. The molecule has 0 bridgehead atoms. The van der Waals surface area contributed by atoms with Gasteiger partial charge in [0.25, 0.3) is 0 Å². The van der Waals surface area contributed by atoms with E-state index >= 15 is 0 Å². The van der Waals surface area contributed by atoms with Crippen LogP contribution in [0.15, 0.2) is 36.4 Å². The van der Waals surface area contributed by atoms with Crippen LogP contribution in [0.2, 0.25) is 0 Å². The molecule has 0 saturated heterocycles. The van der Waals surface area contributed by atoms with E-state index in [0.717, 1.165) is 17.7 Å². The molecule has 2 aromatic carbocycles. The molecule has 20 heavy (non-hydrogen) atoms. The van der Waals surface area contributed by atoms with Gasteiger partial charge in [0.05, 0.1) is 0 Å². The lowest BCUT2D eigenvalue weighted by atomic mass is 10.1. The van der Waals surface area contributed by atoms with Crippen LogP contribution in [0.4, 0.5) is 14.5 Å². The molecular formula is C15H14F2N2S. The number of thiocarbonyl (C=S) groups is 1. The fraction of sp³-hybridized carbons (Fsp3) is 0.133. The summed E-state index contributed by atoms with van der Waals surface area (Å²) in [4.78, 5) is 0.257. The van der Waals surface area contributed by atoms with E-state index in [1.165, 1.54) is 6.07 Å². The second kappa shape index (κ2) is 5.96. The normalized spacial score (nSPS) is 10.3. The van der Waals surface area contributed by atoms with Crippen molar-refractivity contribution in [2.45, 2.75) is 13.5 Å². The molecule has 5 heteroatoms. The number of halogens is 2. The zero-order valence-corrected chi connectivity index (χ0v) is 11.7. The van der Waals surface area contributed by atoms with Crippen molar-refractivity contribution in [3.05, 3.63) is 64.7 Å². The van der Waals surface area contributed by atoms with Gasteiger partial charge in [0.2, 0.25) is 0 Å². The topological polar surface area (TPSA) is 38.0 Å². The predicted molar refractivity (Wildman–Crippen MR) is 80.8 cm³/mol. The highest BCUT2D eigenvalue weighted by molar-refractivity contribution is 7.80. The van der Waals surface area contributed by atoms with Crippen LogP contribution >= 0.6 is 12.2 Å². The first-order chi connectivity index (χ1) is 9.47. The van der Waals surface area contributed by atoms with Crippen LogP contribution in [-0.4, -0.2) is 4.99 Å². The minimum atomic E-state index is -0.470. The first kappa shape index (κ1) is 14.4. The Labute approximate surface area is 121 Å². The minimum Gasteiger partial charge on any atom is -0.389 e. The zero-order chi connectivity index (χ0) is 14.7. The quantitative estimate of drug-likeness (QED) is 0.847. The fourth-order valence-electron chi connectivity index (χ4n) is 1.89. The van der Waals surface area contributed by atoms with E-state index in [-0.39, 0.29) is 17.1 Å². The number of anilines is 1. The number of benzene rings is 2. The Morgan fingerprint density at radius 2 is 1.95 bits per heavy atom. The standard InChI is InChI=1S/C15H14F2N2S/c1-9-2-4-12(15(18)20)14(6-9)19-8-10-7-11(16)3-5-13(10)17/h2-7,19H,8H2,1H3,(H2,18,20). The Kier molecular flexibility index (Phi) is 4.29. The van der Waals surface area contributed by atoms with E-state index in [1.807, 2.05) is 25.1 Å². The maximum atomic E-state index is 13.6. The SMILES string of the molecule is Cc1ccc(C(N)=S)c(NCc2cc(F)ccc2F)c1. The van der Waals surface area contributed by atoms with Crippen molar-refractivity contribution in [3.8, 4) is 0 Å². The number of hydrogen-bond donors (Lipinski definition) is 2. The maximum Gasteiger partial charge on any atom is 0.128 e. The van der Waals surface area contributed by atoms with Gasteiger partial charge in [-0.1, -0.05) is 18.3 Å². The Morgan fingerprint density at radius 3 is 2.65 bits per heavy atom. The van der Waals surface area contributed by atoms with Gasteiger partial charge >= 0.3 is 0 Å². The summed E-state index contributed by atoms with van der Waals surface area (Å²) in [5, 5.41) is 3.05. The molecule has 2 nitrogen and oxygen atoms in total. The lowest BCUT2D eigenvalue weighted by Gasteiger charge is -2.12. The summed E-state index contributed by atoms with van der Waals surface area (Å²) in [5.74, 6) is -0.926. The molecular weight excluding hydrogens is 278 g/mol. The summed E-state index contributed by atoms with van der Waals surface area (Å²) in [7, 11) is 0. The van der Waals surface area contributed by atoms with Crippen LogP contribution in [0.5, 0.6) is 0 Å². The molecule has 104 valence electrons. The number of rotatable bonds is 4. The average Bonchev–Trinajstić information content (AvgIpc) is 2.39. The van der Waals surface area contributed by atoms with Crippen molar-refractivity contribution in [3.63, 3.8) is 0 Å². The molecule has 0 fully saturated rings. The Balaban J connectivity index is 2.24. The van der Waals surface area contributed by atoms with Gasteiger partial charge in [-0.05, 0) is 42.8 Å². The molecule has 0 unspecified atom stereocenters. The van der Waals surface area contributed by atoms with E-state index in [9.17, 15) is 8.78 Å². The van der Waals surface area contributed by atoms with Crippen molar-refractivity contribution in [1.29, 1.82) is 0 Å². The monoisotopic (exact) mass is 292 g/mol. The zero-order valence-electron chi connectivity index (χ0n) is 10.9. The molecule has 0 atom stereocenters. The molecule has 0 aliphatic heterocycles. The third-order valence-electron chi connectivity index (χ3n) is 2.92. The molecule has 0 amide bonds. The van der Waals surface area contributed by atoms with E-state index in [2.05, 4.69) is 5.32 Å². The summed E-state index contributed by atoms with van der Waals surface area (Å²) < 4.78 is 26.7. The molecule has 0 radical (unpaired) electrons. The molecule has 0 aromatic heterocycles. The van der Waals surface area contributed by atoms with Gasteiger partial charge in [0, 0.05) is 23.4 Å². The number of nitrogens with one attached hydrogen (secondary N) is 1. The van der Waals surface area contributed by atoms with Gasteiger partial charge in [-0.2, -0.15) is 0 Å². The first-order valence-corrected chi connectivity index (χ1v) is 6.46. The highest BCUT2D eigenvalue weighted by Crippen LogP contribution is 2.19. The Morgan fingerprint density at radius 1 is 1.20 bits per heavy atom. The molecule has 0 spiro atoms. The van der Waals surface area contributed by atoms with Crippen LogP contribution in [0.3, 0.4) is 0 Å². The summed E-state index contributed by atoms with van der Waals surface area (Å²) in [6.07, 6.45) is 0. The van der Waals surface area contributed by atoms with Crippen LogP contribution in [0, 0.1) is 18.6 Å². The van der Waals surface area contributed by atoms with Crippen molar-refractivity contribution in [2.24, 2.45) is 5.73 Å². The van der Waals surface area contributed by atoms with Crippen molar-refractivity contribution in [2.75, 3.05) is 5.32 Å². The van der Waals surface area contributed by atoms with E-state index in [0.29, 0.717) is 11.3 Å². The summed E-state index contributed by atoms with van der Waals surface area (Å²) >= 11 is 4.97. The Bertz CT molecular complexity index is 656. The Hall–Kier alpha value is -2.01. The van der Waals surface area contributed by atoms with Gasteiger partial charge in [-0.3, -0.25) is 0 Å². The molecule has 2 rings (SSSR count). The number of hydrogen-bond acceptors (Lipinski definition) is 2. The van der Waals surface area contributed by atoms with Crippen molar-refractivity contribution < 1.29 is 8.78 Å². The molecule has 0 saturated carbocycles. The molecule has 0 aliphatic carbocycles. The van der Waals surface area contributed by atoms with E-state index < -0.39 is 11.6 Å². The molecule has 0 aliphatic rings. The van der Waals surface area contributed by atoms with Gasteiger partial charge in [-0.25, -0.2) is 8.78 Å². The molecule has 3 N–H and O–H groups in total. The average molecular weight is 292 g/mol. The third-order valence-corrected chi connectivity index (χ3v) is 3.14. The van der Waals surface area contributed by atoms with Crippen molar-refractivity contribution in [1.82, 2.24) is 0 Å².